The van der Waals surface area contributed by atoms with Crippen LogP contribution in [0.25, 0.3) is 6.08 Å². The molecule has 0 saturated carbocycles. The van der Waals surface area contributed by atoms with Crippen molar-refractivity contribution in [3.63, 3.8) is 0 Å². The highest BCUT2D eigenvalue weighted by Gasteiger charge is 2.31. The van der Waals surface area contributed by atoms with E-state index >= 15 is 0 Å². The molecule has 2 aromatic carbocycles. The summed E-state index contributed by atoms with van der Waals surface area (Å²) in [6.07, 6.45) is 1.51. The third kappa shape index (κ3) is 2.47. The van der Waals surface area contributed by atoms with Crippen LogP contribution in [0, 0.1) is 0 Å². The monoisotopic (exact) mass is 334 g/mol. The van der Waals surface area contributed by atoms with Gasteiger partial charge in [0.05, 0.1) is 21.2 Å². The Kier molecular flexibility index (Phi) is 3.64. The molecule has 0 atom stereocenters. The molecule has 0 aliphatic carbocycles. The lowest BCUT2D eigenvalue weighted by atomic mass is 10.1. The highest BCUT2D eigenvalue weighted by molar-refractivity contribution is 6.39. The number of benzene rings is 2. The normalized spacial score (nSPS) is 14.8. The summed E-state index contributed by atoms with van der Waals surface area (Å²) in [6.45, 7) is 0. The highest BCUT2D eigenvalue weighted by Crippen LogP contribution is 2.41. The van der Waals surface area contributed by atoms with E-state index in [2.05, 4.69) is 0 Å². The molecule has 0 radical (unpaired) electrons. The van der Waals surface area contributed by atoms with Gasteiger partial charge < -0.3 is 9.84 Å². The maximum Gasteiger partial charge on any atom is 0.335 e. The van der Waals surface area contributed by atoms with Gasteiger partial charge >= 0.3 is 5.97 Å². The number of ether oxygens (including phenoxy) is 1. The molecule has 22 heavy (non-hydrogen) atoms. The van der Waals surface area contributed by atoms with Gasteiger partial charge in [-0.3, -0.25) is 4.79 Å². The van der Waals surface area contributed by atoms with E-state index in [9.17, 15) is 9.59 Å². The average Bonchev–Trinajstić information content (AvgIpc) is 2.82. The number of carboxylic acids is 1. The lowest BCUT2D eigenvalue weighted by Gasteiger charge is -2.01. The maximum atomic E-state index is 12.3. The number of carbonyl (C=O) groups is 2. The first-order chi connectivity index (χ1) is 10.5. The van der Waals surface area contributed by atoms with E-state index in [-0.39, 0.29) is 33.4 Å². The van der Waals surface area contributed by atoms with Crippen molar-refractivity contribution in [2.45, 2.75) is 0 Å². The van der Waals surface area contributed by atoms with Crippen molar-refractivity contribution in [2.75, 3.05) is 0 Å². The van der Waals surface area contributed by atoms with Crippen molar-refractivity contribution in [3.8, 4) is 5.75 Å². The summed E-state index contributed by atoms with van der Waals surface area (Å²) in [5, 5.41) is 9.43. The number of ketones is 1. The molecule has 1 aliphatic heterocycles. The SMILES string of the molecule is O=C(O)c1ccc(C=C2Oc3c(Cl)ccc(Cl)c3C2=O)cc1. The molecular weight excluding hydrogens is 327 g/mol. The summed E-state index contributed by atoms with van der Waals surface area (Å²) in [6, 6.07) is 9.15. The number of carboxylic acid groups (broad SMARTS) is 1. The van der Waals surface area contributed by atoms with Crippen LogP contribution in [0.1, 0.15) is 26.3 Å². The zero-order chi connectivity index (χ0) is 15.9. The van der Waals surface area contributed by atoms with Gasteiger partial charge in [-0.05, 0) is 35.9 Å². The fraction of sp³-hybridized carbons (Fsp3) is 0. The van der Waals surface area contributed by atoms with Gasteiger partial charge in [0.1, 0.15) is 0 Å². The number of halogens is 2. The van der Waals surface area contributed by atoms with E-state index < -0.39 is 5.97 Å². The Hall–Kier alpha value is -2.30. The number of hydrogen-bond donors (Lipinski definition) is 1. The predicted molar refractivity (Wildman–Crippen MR) is 82.8 cm³/mol. The van der Waals surface area contributed by atoms with Crippen LogP contribution >= 0.6 is 23.2 Å². The average molecular weight is 335 g/mol. The quantitative estimate of drug-likeness (QED) is 0.831. The molecular formula is C16H8Cl2O4. The Morgan fingerprint density at radius 3 is 2.27 bits per heavy atom. The molecule has 0 saturated heterocycles. The minimum atomic E-state index is -1.02. The first kappa shape index (κ1) is 14.6. The van der Waals surface area contributed by atoms with Crippen molar-refractivity contribution >= 4 is 41.0 Å². The molecule has 0 fully saturated rings. The van der Waals surface area contributed by atoms with Crippen LogP contribution in [0.3, 0.4) is 0 Å². The van der Waals surface area contributed by atoms with Gasteiger partial charge in [0.15, 0.2) is 11.5 Å². The summed E-state index contributed by atoms with van der Waals surface area (Å²) in [7, 11) is 0. The van der Waals surface area contributed by atoms with E-state index in [1.807, 2.05) is 0 Å². The summed E-state index contributed by atoms with van der Waals surface area (Å²) in [5.74, 6) is -1.04. The number of hydrogen-bond acceptors (Lipinski definition) is 3. The number of aromatic carboxylic acids is 1. The molecule has 1 heterocycles. The van der Waals surface area contributed by atoms with Gasteiger partial charge in [0.25, 0.3) is 0 Å². The van der Waals surface area contributed by atoms with Crippen LogP contribution in [-0.2, 0) is 0 Å². The van der Waals surface area contributed by atoms with Crippen molar-refractivity contribution in [3.05, 3.63) is 68.9 Å². The predicted octanol–water partition coefficient (Wildman–Crippen LogP) is 4.31. The van der Waals surface area contributed by atoms with Crippen molar-refractivity contribution in [2.24, 2.45) is 0 Å². The van der Waals surface area contributed by atoms with Gasteiger partial charge in [-0.25, -0.2) is 4.79 Å². The Labute approximate surface area is 135 Å². The second kappa shape index (κ2) is 5.48. The van der Waals surface area contributed by atoms with Crippen molar-refractivity contribution < 1.29 is 19.4 Å². The van der Waals surface area contributed by atoms with Crippen molar-refractivity contribution in [1.82, 2.24) is 0 Å². The number of allylic oxidation sites excluding steroid dienone is 1. The highest BCUT2D eigenvalue weighted by atomic mass is 35.5. The third-order valence-electron chi connectivity index (χ3n) is 3.18. The van der Waals surface area contributed by atoms with Crippen LogP contribution in [0.2, 0.25) is 10.0 Å². The maximum absolute atomic E-state index is 12.3. The number of Topliss-reactive ketones (excluding diaryl/α,β-unsaturated/α-hetero) is 1. The van der Waals surface area contributed by atoms with Gasteiger partial charge in [0.2, 0.25) is 5.78 Å². The van der Waals surface area contributed by atoms with E-state index in [1.165, 1.54) is 24.3 Å². The number of carbonyl (C=O) groups excluding carboxylic acids is 1. The largest absolute Gasteiger partial charge is 0.478 e. The minimum absolute atomic E-state index is 0.0908. The topological polar surface area (TPSA) is 63.6 Å². The van der Waals surface area contributed by atoms with E-state index in [1.54, 1.807) is 18.2 Å². The number of rotatable bonds is 2. The van der Waals surface area contributed by atoms with E-state index in [0.717, 1.165) is 0 Å². The third-order valence-corrected chi connectivity index (χ3v) is 3.79. The Balaban J connectivity index is 1.97. The summed E-state index contributed by atoms with van der Waals surface area (Å²) >= 11 is 12.0. The van der Waals surface area contributed by atoms with Gasteiger partial charge in [-0.2, -0.15) is 0 Å². The molecule has 0 bridgehead atoms. The van der Waals surface area contributed by atoms with E-state index in [0.29, 0.717) is 10.6 Å². The van der Waals surface area contributed by atoms with Crippen LogP contribution in [-0.4, -0.2) is 16.9 Å². The molecule has 0 spiro atoms. The summed E-state index contributed by atoms with van der Waals surface area (Å²) < 4.78 is 5.49. The summed E-state index contributed by atoms with van der Waals surface area (Å²) in [4.78, 5) is 23.1. The second-order valence-electron chi connectivity index (χ2n) is 4.60. The molecule has 1 N–H and O–H groups in total. The fourth-order valence-electron chi connectivity index (χ4n) is 2.09. The molecule has 6 heteroatoms. The molecule has 0 aromatic heterocycles. The van der Waals surface area contributed by atoms with Gasteiger partial charge in [0, 0.05) is 0 Å². The van der Waals surface area contributed by atoms with Gasteiger partial charge in [-0.1, -0.05) is 35.3 Å². The molecule has 0 unspecified atom stereocenters. The Morgan fingerprint density at radius 1 is 1.05 bits per heavy atom. The lowest BCUT2D eigenvalue weighted by molar-refractivity contribution is 0.0696. The molecule has 1 aliphatic rings. The smallest absolute Gasteiger partial charge is 0.335 e. The molecule has 2 aromatic rings. The van der Waals surface area contributed by atoms with Crippen LogP contribution in [0.4, 0.5) is 0 Å². The minimum Gasteiger partial charge on any atom is -0.478 e. The zero-order valence-electron chi connectivity index (χ0n) is 11.0. The zero-order valence-corrected chi connectivity index (χ0v) is 12.5. The summed E-state index contributed by atoms with van der Waals surface area (Å²) in [5.41, 5.74) is 1.03. The standard InChI is InChI=1S/C16H8Cl2O4/c17-10-5-6-11(18)15-13(10)14(19)12(22-15)7-8-1-3-9(4-2-8)16(20)21/h1-7H,(H,20,21). The Bertz CT molecular complexity index is 823. The Morgan fingerprint density at radius 2 is 1.68 bits per heavy atom. The number of fused-ring (bicyclic) bond motifs is 1. The molecule has 0 amide bonds. The fourth-order valence-corrected chi connectivity index (χ4v) is 2.52. The van der Waals surface area contributed by atoms with Crippen LogP contribution < -0.4 is 4.74 Å². The second-order valence-corrected chi connectivity index (χ2v) is 5.41. The molecule has 110 valence electrons. The van der Waals surface area contributed by atoms with E-state index in [4.69, 9.17) is 33.0 Å². The van der Waals surface area contributed by atoms with Crippen molar-refractivity contribution in [1.29, 1.82) is 0 Å². The first-order valence-corrected chi connectivity index (χ1v) is 6.98. The van der Waals surface area contributed by atoms with Crippen LogP contribution in [0.15, 0.2) is 42.2 Å². The molecule has 3 rings (SSSR count). The lowest BCUT2D eigenvalue weighted by Crippen LogP contribution is -1.99. The van der Waals surface area contributed by atoms with Crippen LogP contribution in [0.5, 0.6) is 5.75 Å². The molecule has 4 nitrogen and oxygen atoms in total. The first-order valence-electron chi connectivity index (χ1n) is 6.23. The van der Waals surface area contributed by atoms with Gasteiger partial charge in [-0.15, -0.1) is 0 Å².